The number of hydrogen-bond acceptors (Lipinski definition) is 3. The zero-order valence-electron chi connectivity index (χ0n) is 19.6. The number of fused-ring (bicyclic) bond motifs is 1. The Morgan fingerprint density at radius 2 is 1.68 bits per heavy atom. The van der Waals surface area contributed by atoms with Crippen LogP contribution in [0.15, 0.2) is 88.1 Å². The topological polar surface area (TPSA) is 55.2 Å². The van der Waals surface area contributed by atoms with E-state index in [0.29, 0.717) is 34.8 Å². The van der Waals surface area contributed by atoms with E-state index < -0.39 is 6.04 Å². The van der Waals surface area contributed by atoms with Crippen LogP contribution in [0.4, 0.5) is 0 Å². The second kappa shape index (κ2) is 10.3. The molecule has 0 bridgehead atoms. The van der Waals surface area contributed by atoms with E-state index in [4.69, 9.17) is 4.98 Å². The Bertz CT molecular complexity index is 1370. The number of nitrogens with zero attached hydrogens (tertiary/aromatic N) is 3. The van der Waals surface area contributed by atoms with Crippen LogP contribution in [-0.2, 0) is 0 Å². The minimum atomic E-state index is -0.428. The first-order valence-electron chi connectivity index (χ1n) is 11.5. The van der Waals surface area contributed by atoms with E-state index in [0.717, 1.165) is 16.6 Å². The number of amides is 1. The van der Waals surface area contributed by atoms with Gasteiger partial charge in [0.2, 0.25) is 0 Å². The number of halogens is 1. The van der Waals surface area contributed by atoms with Crippen molar-refractivity contribution in [2.75, 3.05) is 6.54 Å². The minimum absolute atomic E-state index is 0.0866. The Labute approximate surface area is 208 Å². The normalized spacial score (nSPS) is 12.1. The van der Waals surface area contributed by atoms with Crippen molar-refractivity contribution in [3.05, 3.63) is 105 Å². The van der Waals surface area contributed by atoms with Gasteiger partial charge in [0, 0.05) is 16.6 Å². The van der Waals surface area contributed by atoms with Crippen LogP contribution in [0.2, 0.25) is 0 Å². The molecule has 1 unspecified atom stereocenters. The SMILES string of the molecule is CC(C)CCN(C(=O)c1cccc(Br)c1)C(C)c1nc2ccccc2c(=O)n1-c1ccccc1. The summed E-state index contributed by atoms with van der Waals surface area (Å²) in [5.74, 6) is 0.879. The lowest BCUT2D eigenvalue weighted by molar-refractivity contribution is 0.0671. The molecule has 0 N–H and O–H groups in total. The first-order chi connectivity index (χ1) is 16.4. The average Bonchev–Trinajstić information content (AvgIpc) is 2.84. The van der Waals surface area contributed by atoms with Crippen molar-refractivity contribution in [1.82, 2.24) is 14.5 Å². The molecule has 4 rings (SSSR count). The summed E-state index contributed by atoms with van der Waals surface area (Å²) < 4.78 is 2.49. The van der Waals surface area contributed by atoms with E-state index in [9.17, 15) is 9.59 Å². The second-order valence-electron chi connectivity index (χ2n) is 8.83. The zero-order chi connectivity index (χ0) is 24.2. The summed E-state index contributed by atoms with van der Waals surface area (Å²) in [6.45, 7) is 6.79. The van der Waals surface area contributed by atoms with Gasteiger partial charge in [-0.2, -0.15) is 0 Å². The predicted molar refractivity (Wildman–Crippen MR) is 140 cm³/mol. The summed E-state index contributed by atoms with van der Waals surface area (Å²) in [6, 6.07) is 23.8. The molecule has 6 heteroatoms. The highest BCUT2D eigenvalue weighted by atomic mass is 79.9. The van der Waals surface area contributed by atoms with Crippen LogP contribution >= 0.6 is 15.9 Å². The van der Waals surface area contributed by atoms with Crippen molar-refractivity contribution in [3.63, 3.8) is 0 Å². The standard InChI is InChI=1S/C28H28BrN3O2/c1-19(2)16-17-31(27(33)21-10-9-11-22(29)18-21)20(3)26-30-25-15-8-7-14-24(25)28(34)32(26)23-12-5-4-6-13-23/h4-15,18-20H,16-17H2,1-3H3. The Morgan fingerprint density at radius 1 is 0.971 bits per heavy atom. The molecule has 1 heterocycles. The van der Waals surface area contributed by atoms with Crippen molar-refractivity contribution in [3.8, 4) is 5.69 Å². The highest BCUT2D eigenvalue weighted by Gasteiger charge is 2.27. The molecule has 1 aromatic heterocycles. The number of hydrogen-bond donors (Lipinski definition) is 0. The van der Waals surface area contributed by atoms with E-state index in [1.54, 1.807) is 10.6 Å². The molecular weight excluding hydrogens is 490 g/mol. The number of carbonyl (C=O) groups excluding carboxylic acids is 1. The molecule has 0 spiro atoms. The molecule has 0 aliphatic rings. The molecule has 0 saturated carbocycles. The van der Waals surface area contributed by atoms with Crippen molar-refractivity contribution in [2.24, 2.45) is 5.92 Å². The minimum Gasteiger partial charge on any atom is -0.329 e. The van der Waals surface area contributed by atoms with Crippen LogP contribution in [0, 0.1) is 5.92 Å². The monoisotopic (exact) mass is 517 g/mol. The van der Waals surface area contributed by atoms with Crippen LogP contribution < -0.4 is 5.56 Å². The van der Waals surface area contributed by atoms with Crippen molar-refractivity contribution < 1.29 is 4.79 Å². The first-order valence-corrected chi connectivity index (χ1v) is 12.3. The quantitative estimate of drug-likeness (QED) is 0.285. The maximum atomic E-state index is 13.7. The third-order valence-corrected chi connectivity index (χ3v) is 6.43. The smallest absolute Gasteiger partial charge is 0.266 e. The fourth-order valence-electron chi connectivity index (χ4n) is 4.05. The third-order valence-electron chi connectivity index (χ3n) is 5.94. The molecule has 0 aliphatic carbocycles. The van der Waals surface area contributed by atoms with Gasteiger partial charge in [0.1, 0.15) is 5.82 Å². The zero-order valence-corrected chi connectivity index (χ0v) is 21.2. The highest BCUT2D eigenvalue weighted by molar-refractivity contribution is 9.10. The molecule has 5 nitrogen and oxygen atoms in total. The van der Waals surface area contributed by atoms with Gasteiger partial charge in [-0.05, 0) is 61.7 Å². The van der Waals surface area contributed by atoms with E-state index in [-0.39, 0.29) is 11.5 Å². The number of benzene rings is 3. The average molecular weight is 518 g/mol. The molecule has 34 heavy (non-hydrogen) atoms. The van der Waals surface area contributed by atoms with Gasteiger partial charge in [-0.1, -0.05) is 66.2 Å². The molecule has 0 aliphatic heterocycles. The molecule has 174 valence electrons. The summed E-state index contributed by atoms with van der Waals surface area (Å²) in [5.41, 5.74) is 1.81. The van der Waals surface area contributed by atoms with Crippen LogP contribution in [0.3, 0.4) is 0 Å². The molecular formula is C28H28BrN3O2. The van der Waals surface area contributed by atoms with Crippen LogP contribution in [-0.4, -0.2) is 26.9 Å². The van der Waals surface area contributed by atoms with Gasteiger partial charge in [0.05, 0.1) is 22.6 Å². The van der Waals surface area contributed by atoms with Crippen molar-refractivity contribution in [1.29, 1.82) is 0 Å². The molecule has 0 fully saturated rings. The summed E-state index contributed by atoms with van der Waals surface area (Å²) in [5, 5.41) is 0.550. The van der Waals surface area contributed by atoms with Gasteiger partial charge in [0.15, 0.2) is 0 Å². The van der Waals surface area contributed by atoms with E-state index >= 15 is 0 Å². The van der Waals surface area contributed by atoms with Gasteiger partial charge in [-0.3, -0.25) is 14.2 Å². The fraction of sp³-hybridized carbons (Fsp3) is 0.250. The van der Waals surface area contributed by atoms with Gasteiger partial charge in [0.25, 0.3) is 11.5 Å². The van der Waals surface area contributed by atoms with Gasteiger partial charge >= 0.3 is 0 Å². The number of rotatable bonds is 7. The highest BCUT2D eigenvalue weighted by Crippen LogP contribution is 2.26. The Morgan fingerprint density at radius 3 is 2.38 bits per heavy atom. The molecule has 1 atom stereocenters. The van der Waals surface area contributed by atoms with Gasteiger partial charge in [-0.25, -0.2) is 4.98 Å². The Kier molecular flexibility index (Phi) is 7.27. The van der Waals surface area contributed by atoms with Crippen LogP contribution in [0.1, 0.15) is 49.4 Å². The summed E-state index contributed by atoms with van der Waals surface area (Å²) in [6.07, 6.45) is 0.841. The summed E-state index contributed by atoms with van der Waals surface area (Å²) in [4.78, 5) is 34.1. The Hall–Kier alpha value is -3.25. The predicted octanol–water partition coefficient (Wildman–Crippen LogP) is 6.40. The van der Waals surface area contributed by atoms with E-state index in [1.165, 1.54) is 0 Å². The van der Waals surface area contributed by atoms with Crippen LogP contribution in [0.25, 0.3) is 16.6 Å². The lowest BCUT2D eigenvalue weighted by Crippen LogP contribution is -2.38. The van der Waals surface area contributed by atoms with Gasteiger partial charge in [-0.15, -0.1) is 0 Å². The summed E-state index contributed by atoms with van der Waals surface area (Å²) in [7, 11) is 0. The van der Waals surface area contributed by atoms with E-state index in [1.807, 2.05) is 84.6 Å². The number of aromatic nitrogens is 2. The Balaban J connectivity index is 1.89. The summed E-state index contributed by atoms with van der Waals surface area (Å²) >= 11 is 3.47. The molecule has 4 aromatic rings. The number of carbonyl (C=O) groups is 1. The fourth-order valence-corrected chi connectivity index (χ4v) is 4.45. The number of para-hydroxylation sites is 2. The lowest BCUT2D eigenvalue weighted by atomic mass is 10.1. The molecule has 1 amide bonds. The van der Waals surface area contributed by atoms with E-state index in [2.05, 4.69) is 29.8 Å². The third kappa shape index (κ3) is 4.97. The second-order valence-corrected chi connectivity index (χ2v) is 9.75. The maximum absolute atomic E-state index is 13.7. The van der Waals surface area contributed by atoms with Crippen LogP contribution in [0.5, 0.6) is 0 Å². The van der Waals surface area contributed by atoms with Gasteiger partial charge < -0.3 is 4.90 Å². The largest absolute Gasteiger partial charge is 0.329 e. The first kappa shape index (κ1) is 23.9. The molecule has 3 aromatic carbocycles. The van der Waals surface area contributed by atoms with Crippen molar-refractivity contribution in [2.45, 2.75) is 33.2 Å². The lowest BCUT2D eigenvalue weighted by Gasteiger charge is -2.31. The molecule has 0 saturated heterocycles. The van der Waals surface area contributed by atoms with Crippen molar-refractivity contribution >= 4 is 32.7 Å². The maximum Gasteiger partial charge on any atom is 0.266 e. The molecule has 0 radical (unpaired) electrons.